The van der Waals surface area contributed by atoms with E-state index >= 15 is 0 Å². The van der Waals surface area contributed by atoms with Gasteiger partial charge >= 0.3 is 0 Å². The molecule has 0 saturated heterocycles. The minimum absolute atomic E-state index is 0.184. The third kappa shape index (κ3) is 2.81. The molecule has 132 valence electrons. The van der Waals surface area contributed by atoms with E-state index in [9.17, 15) is 9.18 Å². The maximum atomic E-state index is 14.2. The number of aromatic nitrogens is 3. The Morgan fingerprint density at radius 2 is 2.08 bits per heavy atom. The number of pyridine rings is 1. The van der Waals surface area contributed by atoms with E-state index in [1.165, 1.54) is 16.8 Å². The summed E-state index contributed by atoms with van der Waals surface area (Å²) in [5, 5.41) is 3.06. The summed E-state index contributed by atoms with van der Waals surface area (Å²) in [5.74, 6) is 0.807. The fraction of sp³-hybridized carbons (Fsp3) is 0.211. The molecule has 0 saturated carbocycles. The van der Waals surface area contributed by atoms with Crippen molar-refractivity contribution in [2.45, 2.75) is 13.0 Å². The fourth-order valence-corrected chi connectivity index (χ4v) is 3.11. The largest absolute Gasteiger partial charge is 0.493 e. The first-order valence-corrected chi connectivity index (χ1v) is 8.28. The zero-order valence-corrected chi connectivity index (χ0v) is 14.2. The van der Waals surface area contributed by atoms with Gasteiger partial charge in [0.1, 0.15) is 11.6 Å². The Labute approximate surface area is 149 Å². The molecule has 0 aliphatic carbocycles. The summed E-state index contributed by atoms with van der Waals surface area (Å²) < 4.78 is 21.1. The lowest BCUT2D eigenvalue weighted by atomic mass is 10.0. The minimum atomic E-state index is -0.292. The van der Waals surface area contributed by atoms with Crippen LogP contribution in [0.4, 0.5) is 10.3 Å². The molecule has 3 heterocycles. The van der Waals surface area contributed by atoms with E-state index in [1.807, 2.05) is 0 Å². The van der Waals surface area contributed by atoms with Gasteiger partial charge < -0.3 is 10.1 Å². The first-order chi connectivity index (χ1) is 12.6. The summed E-state index contributed by atoms with van der Waals surface area (Å²) >= 11 is 0. The monoisotopic (exact) mass is 352 g/mol. The first-order valence-electron chi connectivity index (χ1n) is 8.28. The number of anilines is 1. The molecule has 0 atom stereocenters. The van der Waals surface area contributed by atoms with Crippen LogP contribution in [0.3, 0.4) is 0 Å². The predicted octanol–water partition coefficient (Wildman–Crippen LogP) is 2.53. The van der Waals surface area contributed by atoms with Crippen molar-refractivity contribution in [3.63, 3.8) is 0 Å². The maximum Gasteiger partial charge on any atom is 0.262 e. The van der Waals surface area contributed by atoms with Crippen LogP contribution < -0.4 is 15.6 Å². The van der Waals surface area contributed by atoms with Gasteiger partial charge in [0.15, 0.2) is 0 Å². The van der Waals surface area contributed by atoms with Gasteiger partial charge in [0.25, 0.3) is 5.56 Å². The van der Waals surface area contributed by atoms with Gasteiger partial charge in [0, 0.05) is 49.7 Å². The van der Waals surface area contributed by atoms with Gasteiger partial charge in [-0.2, -0.15) is 0 Å². The fourth-order valence-electron chi connectivity index (χ4n) is 3.11. The van der Waals surface area contributed by atoms with Crippen LogP contribution in [0, 0.1) is 5.82 Å². The zero-order chi connectivity index (χ0) is 18.1. The number of rotatable bonds is 4. The normalized spacial score (nSPS) is 12.5. The highest BCUT2D eigenvalue weighted by Gasteiger charge is 2.19. The van der Waals surface area contributed by atoms with Gasteiger partial charge in [-0.05, 0) is 29.8 Å². The number of ether oxygens (including phenoxy) is 1. The minimum Gasteiger partial charge on any atom is -0.493 e. The summed E-state index contributed by atoms with van der Waals surface area (Å²) in [7, 11) is 1.64. The average molecular weight is 352 g/mol. The van der Waals surface area contributed by atoms with Gasteiger partial charge in [-0.25, -0.2) is 9.37 Å². The van der Waals surface area contributed by atoms with Crippen molar-refractivity contribution in [1.82, 2.24) is 14.5 Å². The molecule has 0 spiro atoms. The molecule has 0 bridgehead atoms. The maximum absolute atomic E-state index is 14.2. The van der Waals surface area contributed by atoms with E-state index < -0.39 is 0 Å². The van der Waals surface area contributed by atoms with Crippen LogP contribution in [-0.4, -0.2) is 21.1 Å². The number of fused-ring (bicyclic) bond motifs is 1. The number of hydrogen-bond acceptors (Lipinski definition) is 5. The molecule has 0 radical (unpaired) electrons. The van der Waals surface area contributed by atoms with Crippen LogP contribution in [0.2, 0.25) is 0 Å². The Hall–Kier alpha value is -3.22. The molecule has 3 aromatic rings. The van der Waals surface area contributed by atoms with Gasteiger partial charge in [0.05, 0.1) is 12.2 Å². The predicted molar refractivity (Wildman–Crippen MR) is 95.6 cm³/mol. The molecular weight excluding hydrogens is 335 g/mol. The summed E-state index contributed by atoms with van der Waals surface area (Å²) in [6.45, 7) is 0.788. The van der Waals surface area contributed by atoms with Crippen molar-refractivity contribution >= 4 is 5.95 Å². The topological polar surface area (TPSA) is 69.0 Å². The second-order valence-electron chi connectivity index (χ2n) is 6.05. The zero-order valence-electron chi connectivity index (χ0n) is 14.2. The molecule has 7 heteroatoms. The highest BCUT2D eigenvalue weighted by molar-refractivity contribution is 5.61. The quantitative estimate of drug-likeness (QED) is 0.781. The Bertz CT molecular complexity index is 1020. The third-order valence-electron chi connectivity index (χ3n) is 4.52. The number of halogens is 1. The van der Waals surface area contributed by atoms with Crippen LogP contribution >= 0.6 is 0 Å². The van der Waals surface area contributed by atoms with Gasteiger partial charge in [-0.1, -0.05) is 0 Å². The first kappa shape index (κ1) is 16.3. The SMILES string of the molecule is Cn1c(NCc2c(F)ccc3c2CCO3)ncc(-c2ccncc2)c1=O. The van der Waals surface area contributed by atoms with E-state index in [0.29, 0.717) is 30.1 Å². The Kier molecular flexibility index (Phi) is 4.12. The summed E-state index contributed by atoms with van der Waals surface area (Å²) in [5.41, 5.74) is 2.48. The average Bonchev–Trinajstić information content (AvgIpc) is 3.14. The van der Waals surface area contributed by atoms with E-state index in [0.717, 1.165) is 16.9 Å². The van der Waals surface area contributed by atoms with Crippen molar-refractivity contribution in [2.75, 3.05) is 11.9 Å². The van der Waals surface area contributed by atoms with E-state index in [1.54, 1.807) is 37.6 Å². The standard InChI is InChI=1S/C19H17FN4O2/c1-24-18(25)14(12-4-7-21-8-5-12)10-22-19(24)23-11-15-13-6-9-26-17(13)3-2-16(15)20/h2-5,7-8,10H,6,9,11H2,1H3,(H,22,23). The van der Waals surface area contributed by atoms with Gasteiger partial charge in [-0.15, -0.1) is 0 Å². The lowest BCUT2D eigenvalue weighted by Crippen LogP contribution is -2.23. The summed E-state index contributed by atoms with van der Waals surface area (Å²) in [6.07, 6.45) is 5.45. The van der Waals surface area contributed by atoms with Crippen LogP contribution in [0.15, 0.2) is 47.7 Å². The molecule has 0 amide bonds. The Morgan fingerprint density at radius 1 is 1.27 bits per heavy atom. The summed E-state index contributed by atoms with van der Waals surface area (Å²) in [6, 6.07) is 6.57. The van der Waals surface area contributed by atoms with Crippen LogP contribution in [0.25, 0.3) is 11.1 Å². The molecular formula is C19H17FN4O2. The summed E-state index contributed by atoms with van der Waals surface area (Å²) in [4.78, 5) is 20.9. The molecule has 1 aliphatic heterocycles. The third-order valence-corrected chi connectivity index (χ3v) is 4.52. The molecule has 0 unspecified atom stereocenters. The molecule has 0 fully saturated rings. The number of benzene rings is 1. The lowest BCUT2D eigenvalue weighted by molar-refractivity contribution is 0.356. The van der Waals surface area contributed by atoms with Crippen molar-refractivity contribution in [3.05, 3.63) is 70.2 Å². The van der Waals surface area contributed by atoms with Crippen molar-refractivity contribution in [2.24, 2.45) is 7.05 Å². The molecule has 26 heavy (non-hydrogen) atoms. The highest BCUT2D eigenvalue weighted by Crippen LogP contribution is 2.30. The molecule has 1 N–H and O–H groups in total. The number of nitrogens with zero attached hydrogens (tertiary/aromatic N) is 3. The smallest absolute Gasteiger partial charge is 0.262 e. The molecule has 4 rings (SSSR count). The molecule has 1 aromatic carbocycles. The van der Waals surface area contributed by atoms with E-state index in [-0.39, 0.29) is 17.9 Å². The van der Waals surface area contributed by atoms with Crippen LogP contribution in [-0.2, 0) is 20.0 Å². The molecule has 1 aliphatic rings. The second kappa shape index (κ2) is 6.59. The Morgan fingerprint density at radius 3 is 2.88 bits per heavy atom. The number of hydrogen-bond donors (Lipinski definition) is 1. The van der Waals surface area contributed by atoms with Crippen molar-refractivity contribution < 1.29 is 9.13 Å². The van der Waals surface area contributed by atoms with Crippen molar-refractivity contribution in [3.8, 4) is 16.9 Å². The second-order valence-corrected chi connectivity index (χ2v) is 6.05. The lowest BCUT2D eigenvalue weighted by Gasteiger charge is -2.13. The molecule has 2 aromatic heterocycles. The van der Waals surface area contributed by atoms with Gasteiger partial charge in [-0.3, -0.25) is 14.3 Å². The Balaban J connectivity index is 1.62. The molecule has 6 nitrogen and oxygen atoms in total. The van der Waals surface area contributed by atoms with E-state index in [4.69, 9.17) is 4.74 Å². The van der Waals surface area contributed by atoms with E-state index in [2.05, 4.69) is 15.3 Å². The highest BCUT2D eigenvalue weighted by atomic mass is 19.1. The van der Waals surface area contributed by atoms with Crippen LogP contribution in [0.5, 0.6) is 5.75 Å². The van der Waals surface area contributed by atoms with Crippen molar-refractivity contribution in [1.29, 1.82) is 0 Å². The van der Waals surface area contributed by atoms with Gasteiger partial charge in [0.2, 0.25) is 5.95 Å². The number of nitrogens with one attached hydrogen (secondary N) is 1. The van der Waals surface area contributed by atoms with Crippen LogP contribution in [0.1, 0.15) is 11.1 Å².